The Bertz CT molecular complexity index is 912. The lowest BCUT2D eigenvalue weighted by atomic mass is 10.1. The van der Waals surface area contributed by atoms with E-state index in [1.165, 1.54) is 6.33 Å². The first-order valence-electron chi connectivity index (χ1n) is 8.82. The molecule has 28 heavy (non-hydrogen) atoms. The molecule has 0 saturated heterocycles. The minimum atomic E-state index is -0.242. The quantitative estimate of drug-likeness (QED) is 0.626. The molecule has 0 bridgehead atoms. The number of nitrogens with zero attached hydrogens (tertiary/aromatic N) is 2. The van der Waals surface area contributed by atoms with Crippen molar-refractivity contribution in [1.82, 2.24) is 15.3 Å². The number of carbonyl (C=O) groups is 1. The number of amides is 1. The number of ether oxygens (including phenoxy) is 2. The van der Waals surface area contributed by atoms with Crippen LogP contribution in [0.1, 0.15) is 16.1 Å². The van der Waals surface area contributed by atoms with Crippen LogP contribution < -0.4 is 20.1 Å². The summed E-state index contributed by atoms with van der Waals surface area (Å²) in [6.45, 7) is 0.510. The van der Waals surface area contributed by atoms with E-state index in [9.17, 15) is 4.79 Å². The van der Waals surface area contributed by atoms with E-state index in [1.54, 1.807) is 20.3 Å². The van der Waals surface area contributed by atoms with Crippen molar-refractivity contribution < 1.29 is 14.3 Å². The number of aromatic nitrogens is 2. The SMILES string of the molecule is COc1ccc(CCNC(=O)c2cc(Nc3ccc(OC)cc3)ncn2)cc1. The molecule has 0 aliphatic rings. The summed E-state index contributed by atoms with van der Waals surface area (Å²) in [7, 11) is 3.25. The van der Waals surface area contributed by atoms with Gasteiger partial charge in [0.15, 0.2) is 0 Å². The van der Waals surface area contributed by atoms with Crippen LogP contribution in [-0.4, -0.2) is 36.6 Å². The molecule has 0 aliphatic carbocycles. The van der Waals surface area contributed by atoms with Gasteiger partial charge in [-0.1, -0.05) is 12.1 Å². The molecule has 1 aromatic heterocycles. The summed E-state index contributed by atoms with van der Waals surface area (Å²) in [5.74, 6) is 1.88. The summed E-state index contributed by atoms with van der Waals surface area (Å²) in [4.78, 5) is 20.6. The Morgan fingerprint density at radius 1 is 0.929 bits per heavy atom. The van der Waals surface area contributed by atoms with Crippen molar-refractivity contribution in [3.8, 4) is 11.5 Å². The molecule has 144 valence electrons. The van der Waals surface area contributed by atoms with Gasteiger partial charge in [-0.15, -0.1) is 0 Å². The zero-order valence-electron chi connectivity index (χ0n) is 15.8. The van der Waals surface area contributed by atoms with Gasteiger partial charge in [-0.2, -0.15) is 0 Å². The molecule has 3 aromatic rings. The molecule has 3 rings (SSSR count). The molecule has 0 saturated carbocycles. The third-order valence-electron chi connectivity index (χ3n) is 4.12. The first-order chi connectivity index (χ1) is 13.7. The maximum atomic E-state index is 12.4. The smallest absolute Gasteiger partial charge is 0.270 e. The zero-order chi connectivity index (χ0) is 19.8. The van der Waals surface area contributed by atoms with Crippen LogP contribution in [0.2, 0.25) is 0 Å². The van der Waals surface area contributed by atoms with Crippen LogP contribution in [0, 0.1) is 0 Å². The molecule has 0 aliphatic heterocycles. The highest BCUT2D eigenvalue weighted by Crippen LogP contribution is 2.18. The van der Waals surface area contributed by atoms with Gasteiger partial charge in [0.25, 0.3) is 5.91 Å². The Balaban J connectivity index is 1.55. The first-order valence-corrected chi connectivity index (χ1v) is 8.82. The Hall–Kier alpha value is -3.61. The predicted molar refractivity (Wildman–Crippen MR) is 107 cm³/mol. The lowest BCUT2D eigenvalue weighted by Gasteiger charge is -2.08. The minimum absolute atomic E-state index is 0.242. The number of benzene rings is 2. The summed E-state index contributed by atoms with van der Waals surface area (Å²) in [5.41, 5.74) is 2.26. The van der Waals surface area contributed by atoms with Crippen LogP contribution in [0.15, 0.2) is 60.9 Å². The normalized spacial score (nSPS) is 10.2. The Morgan fingerprint density at radius 3 is 2.21 bits per heavy atom. The fraction of sp³-hybridized carbons (Fsp3) is 0.190. The molecule has 2 aromatic carbocycles. The number of hydrogen-bond donors (Lipinski definition) is 2. The number of nitrogens with one attached hydrogen (secondary N) is 2. The van der Waals surface area contributed by atoms with Crippen molar-refractivity contribution in [2.75, 3.05) is 26.1 Å². The number of hydrogen-bond acceptors (Lipinski definition) is 6. The summed E-state index contributed by atoms with van der Waals surface area (Å²) in [6, 6.07) is 16.8. The molecule has 7 heteroatoms. The van der Waals surface area contributed by atoms with Gasteiger partial charge in [-0.3, -0.25) is 4.79 Å². The number of carbonyl (C=O) groups excluding carboxylic acids is 1. The molecule has 7 nitrogen and oxygen atoms in total. The van der Waals surface area contributed by atoms with Gasteiger partial charge in [0, 0.05) is 18.3 Å². The molecular formula is C21H22N4O3. The van der Waals surface area contributed by atoms with E-state index in [-0.39, 0.29) is 5.91 Å². The highest BCUT2D eigenvalue weighted by molar-refractivity contribution is 5.92. The largest absolute Gasteiger partial charge is 0.497 e. The van der Waals surface area contributed by atoms with Crippen molar-refractivity contribution in [1.29, 1.82) is 0 Å². The van der Waals surface area contributed by atoms with Gasteiger partial charge in [0.1, 0.15) is 29.3 Å². The summed E-state index contributed by atoms with van der Waals surface area (Å²) in [5, 5.41) is 6.02. The van der Waals surface area contributed by atoms with Crippen molar-refractivity contribution >= 4 is 17.4 Å². The van der Waals surface area contributed by atoms with E-state index in [2.05, 4.69) is 20.6 Å². The third kappa shape index (κ3) is 5.20. The number of rotatable bonds is 8. The van der Waals surface area contributed by atoms with Crippen LogP contribution >= 0.6 is 0 Å². The monoisotopic (exact) mass is 378 g/mol. The standard InChI is InChI=1S/C21H22N4O3/c1-27-17-7-3-15(4-8-17)11-12-22-21(26)19-13-20(24-14-23-19)25-16-5-9-18(28-2)10-6-16/h3-10,13-14H,11-12H2,1-2H3,(H,22,26)(H,23,24,25). The van der Waals surface area contributed by atoms with E-state index >= 15 is 0 Å². The van der Waals surface area contributed by atoms with Crippen LogP contribution in [0.25, 0.3) is 0 Å². The average molecular weight is 378 g/mol. The van der Waals surface area contributed by atoms with E-state index < -0.39 is 0 Å². The lowest BCUT2D eigenvalue weighted by Crippen LogP contribution is -2.26. The van der Waals surface area contributed by atoms with Gasteiger partial charge < -0.3 is 20.1 Å². The van der Waals surface area contributed by atoms with E-state index in [4.69, 9.17) is 9.47 Å². The van der Waals surface area contributed by atoms with Crippen LogP contribution in [0.5, 0.6) is 11.5 Å². The second kappa shape index (κ2) is 9.36. The lowest BCUT2D eigenvalue weighted by molar-refractivity contribution is 0.0949. The first kappa shape index (κ1) is 19.2. The summed E-state index contributed by atoms with van der Waals surface area (Å²) >= 11 is 0. The maximum absolute atomic E-state index is 12.4. The van der Waals surface area contributed by atoms with E-state index in [1.807, 2.05) is 48.5 Å². The zero-order valence-corrected chi connectivity index (χ0v) is 15.8. The second-order valence-corrected chi connectivity index (χ2v) is 6.00. The Kier molecular flexibility index (Phi) is 6.41. The molecule has 2 N–H and O–H groups in total. The molecule has 1 heterocycles. The number of methoxy groups -OCH3 is 2. The highest BCUT2D eigenvalue weighted by atomic mass is 16.5. The maximum Gasteiger partial charge on any atom is 0.270 e. The molecular weight excluding hydrogens is 356 g/mol. The van der Waals surface area contributed by atoms with Crippen molar-refractivity contribution in [2.45, 2.75) is 6.42 Å². The predicted octanol–water partition coefficient (Wildman–Crippen LogP) is 3.21. The minimum Gasteiger partial charge on any atom is -0.497 e. The van der Waals surface area contributed by atoms with Crippen molar-refractivity contribution in [2.24, 2.45) is 0 Å². The Labute approximate surface area is 163 Å². The topological polar surface area (TPSA) is 85.4 Å². The van der Waals surface area contributed by atoms with Gasteiger partial charge >= 0.3 is 0 Å². The number of anilines is 2. The van der Waals surface area contributed by atoms with Crippen LogP contribution in [-0.2, 0) is 6.42 Å². The fourth-order valence-corrected chi connectivity index (χ4v) is 2.58. The van der Waals surface area contributed by atoms with Crippen LogP contribution in [0.3, 0.4) is 0 Å². The Morgan fingerprint density at radius 2 is 1.57 bits per heavy atom. The van der Waals surface area contributed by atoms with Gasteiger partial charge in [0.05, 0.1) is 14.2 Å². The van der Waals surface area contributed by atoms with E-state index in [0.29, 0.717) is 18.1 Å². The van der Waals surface area contributed by atoms with Gasteiger partial charge in [-0.25, -0.2) is 9.97 Å². The molecule has 0 spiro atoms. The fourth-order valence-electron chi connectivity index (χ4n) is 2.58. The van der Waals surface area contributed by atoms with Gasteiger partial charge in [0.2, 0.25) is 0 Å². The van der Waals surface area contributed by atoms with E-state index in [0.717, 1.165) is 29.2 Å². The summed E-state index contributed by atoms with van der Waals surface area (Å²) in [6.07, 6.45) is 2.09. The third-order valence-corrected chi connectivity index (χ3v) is 4.12. The molecule has 0 atom stereocenters. The average Bonchev–Trinajstić information content (AvgIpc) is 2.75. The molecule has 1 amide bonds. The molecule has 0 fully saturated rings. The molecule has 0 unspecified atom stereocenters. The van der Waals surface area contributed by atoms with Crippen molar-refractivity contribution in [3.05, 3.63) is 72.2 Å². The van der Waals surface area contributed by atoms with Crippen LogP contribution in [0.4, 0.5) is 11.5 Å². The highest BCUT2D eigenvalue weighted by Gasteiger charge is 2.09. The summed E-state index contributed by atoms with van der Waals surface area (Å²) < 4.78 is 10.3. The second-order valence-electron chi connectivity index (χ2n) is 6.00. The molecule has 0 radical (unpaired) electrons. The van der Waals surface area contributed by atoms with Gasteiger partial charge in [-0.05, 0) is 48.4 Å². The van der Waals surface area contributed by atoms with Crippen molar-refractivity contribution in [3.63, 3.8) is 0 Å².